The number of aliphatic imine (C=N–C) groups is 1. The number of allylic oxidation sites excluding steroid dienone is 5. The van der Waals surface area contributed by atoms with E-state index in [1.807, 2.05) is 24.4 Å². The van der Waals surface area contributed by atoms with Gasteiger partial charge >= 0.3 is 0 Å². The number of piperazine rings is 1. The number of benzene rings is 1. The molecule has 1 unspecified atom stereocenters. The van der Waals surface area contributed by atoms with Crippen molar-refractivity contribution in [1.29, 1.82) is 0 Å². The molecule has 1 aliphatic rings. The van der Waals surface area contributed by atoms with E-state index in [2.05, 4.69) is 81.9 Å². The fourth-order valence-electron chi connectivity index (χ4n) is 3.96. The maximum Gasteiger partial charge on any atom is 0.0464 e. The van der Waals surface area contributed by atoms with Crippen LogP contribution in [0.25, 0.3) is 0 Å². The molecule has 0 aromatic heterocycles. The van der Waals surface area contributed by atoms with Gasteiger partial charge in [0.05, 0.1) is 0 Å². The Labute approximate surface area is 202 Å². The van der Waals surface area contributed by atoms with Crippen molar-refractivity contribution in [2.75, 3.05) is 19.6 Å². The second-order valence-corrected chi connectivity index (χ2v) is 8.75. The van der Waals surface area contributed by atoms with Crippen LogP contribution in [0.15, 0.2) is 64.5 Å². The third kappa shape index (κ3) is 9.75. The lowest BCUT2D eigenvalue weighted by Crippen LogP contribution is -2.48. The van der Waals surface area contributed by atoms with Crippen LogP contribution in [-0.2, 0) is 6.42 Å². The fraction of sp³-hybridized carbons (Fsp3) is 0.536. The second kappa shape index (κ2) is 15.9. The second-order valence-electron chi connectivity index (χ2n) is 8.32. The summed E-state index contributed by atoms with van der Waals surface area (Å²) in [7, 11) is 0. The van der Waals surface area contributed by atoms with Gasteiger partial charge in [-0.1, -0.05) is 63.1 Å². The van der Waals surface area contributed by atoms with Gasteiger partial charge in [0.15, 0.2) is 0 Å². The highest BCUT2D eigenvalue weighted by atomic mass is 35.5. The molecule has 1 aromatic carbocycles. The van der Waals surface area contributed by atoms with Crippen LogP contribution in [0.2, 0.25) is 5.02 Å². The Morgan fingerprint density at radius 2 is 2.00 bits per heavy atom. The highest BCUT2D eigenvalue weighted by molar-refractivity contribution is 6.30. The number of hydrogen-bond donors (Lipinski definition) is 1. The Morgan fingerprint density at radius 1 is 1.25 bits per heavy atom. The van der Waals surface area contributed by atoms with Crippen molar-refractivity contribution in [2.45, 2.75) is 80.2 Å². The van der Waals surface area contributed by atoms with E-state index in [1.54, 1.807) is 0 Å². The first-order valence-corrected chi connectivity index (χ1v) is 12.5. The lowest BCUT2D eigenvalue weighted by atomic mass is 9.96. The van der Waals surface area contributed by atoms with E-state index in [1.165, 1.54) is 28.8 Å². The molecule has 178 valence electrons. The topological polar surface area (TPSA) is 27.6 Å². The Bertz CT molecular complexity index is 805. The molecule has 1 aliphatic heterocycles. The molecule has 1 aromatic rings. The first kappa shape index (κ1) is 28.2. The van der Waals surface area contributed by atoms with Crippen molar-refractivity contribution in [3.8, 4) is 0 Å². The molecule has 4 heteroatoms. The maximum absolute atomic E-state index is 5.78. The summed E-state index contributed by atoms with van der Waals surface area (Å²) in [6.07, 6.45) is 10.6. The minimum absolute atomic E-state index is 0.540. The predicted octanol–water partition coefficient (Wildman–Crippen LogP) is 7.59. The van der Waals surface area contributed by atoms with E-state index in [4.69, 9.17) is 11.6 Å². The third-order valence-electron chi connectivity index (χ3n) is 5.65. The number of hydrogen-bond acceptors (Lipinski definition) is 3. The van der Waals surface area contributed by atoms with Crippen molar-refractivity contribution in [1.82, 2.24) is 10.2 Å². The standard InChI is InChI=1S/C19H33N3.C9H11Cl/c1-7-10-11-21-16(5)19(18(8-2)9-3)17(6)22-13-12-20-15(4)14-22;1-2-4-8-5-3-6-9(10)7-8/h8,10-11,15,20H,7,9,12-14H2,1-6H3;3,5-7H,2,4H2,1H3/b11-10+,18-8-,19-17-,21-16+;. The van der Waals surface area contributed by atoms with Crippen molar-refractivity contribution < 1.29 is 0 Å². The van der Waals surface area contributed by atoms with Gasteiger partial charge in [-0.15, -0.1) is 0 Å². The molecule has 0 aliphatic carbocycles. The Balaban J connectivity index is 0.000000425. The van der Waals surface area contributed by atoms with Gasteiger partial charge in [0.2, 0.25) is 0 Å². The number of rotatable bonds is 8. The Kier molecular flexibility index (Phi) is 14.0. The maximum atomic E-state index is 5.78. The number of nitrogens with one attached hydrogen (secondary N) is 1. The molecule has 1 fully saturated rings. The van der Waals surface area contributed by atoms with E-state index in [0.29, 0.717) is 6.04 Å². The molecule has 1 saturated heterocycles. The summed E-state index contributed by atoms with van der Waals surface area (Å²) in [6, 6.07) is 8.56. The van der Waals surface area contributed by atoms with Crippen LogP contribution < -0.4 is 5.32 Å². The first-order valence-electron chi connectivity index (χ1n) is 12.2. The molecule has 0 bridgehead atoms. The quantitative estimate of drug-likeness (QED) is 0.321. The van der Waals surface area contributed by atoms with Gasteiger partial charge in [-0.05, 0) is 70.2 Å². The summed E-state index contributed by atoms with van der Waals surface area (Å²) in [5.41, 5.74) is 6.50. The van der Waals surface area contributed by atoms with Crippen molar-refractivity contribution in [3.05, 3.63) is 70.0 Å². The zero-order valence-corrected chi connectivity index (χ0v) is 22.1. The van der Waals surface area contributed by atoms with E-state index >= 15 is 0 Å². The summed E-state index contributed by atoms with van der Waals surface area (Å²) in [4.78, 5) is 7.16. The van der Waals surface area contributed by atoms with E-state index in [-0.39, 0.29) is 0 Å². The van der Waals surface area contributed by atoms with Gasteiger partial charge < -0.3 is 10.2 Å². The van der Waals surface area contributed by atoms with Crippen LogP contribution in [0.3, 0.4) is 0 Å². The summed E-state index contributed by atoms with van der Waals surface area (Å²) in [5, 5.41) is 4.35. The highest BCUT2D eigenvalue weighted by Gasteiger charge is 2.20. The van der Waals surface area contributed by atoms with Crippen LogP contribution in [0, 0.1) is 0 Å². The van der Waals surface area contributed by atoms with Crippen molar-refractivity contribution in [3.63, 3.8) is 0 Å². The smallest absolute Gasteiger partial charge is 0.0464 e. The normalized spacial score (nSPS) is 18.4. The summed E-state index contributed by atoms with van der Waals surface area (Å²) < 4.78 is 0. The van der Waals surface area contributed by atoms with Crippen LogP contribution in [0.1, 0.15) is 73.3 Å². The molecule has 1 atom stereocenters. The van der Waals surface area contributed by atoms with Crippen molar-refractivity contribution in [2.24, 2.45) is 4.99 Å². The van der Waals surface area contributed by atoms with Gasteiger partial charge in [-0.2, -0.15) is 0 Å². The monoisotopic (exact) mass is 457 g/mol. The van der Waals surface area contributed by atoms with Crippen LogP contribution in [-0.4, -0.2) is 36.3 Å². The zero-order chi connectivity index (χ0) is 23.9. The molecular weight excluding hydrogens is 414 g/mol. The minimum atomic E-state index is 0.540. The summed E-state index contributed by atoms with van der Waals surface area (Å²) >= 11 is 5.78. The summed E-state index contributed by atoms with van der Waals surface area (Å²) in [5.74, 6) is 0. The molecule has 2 rings (SSSR count). The molecule has 0 spiro atoms. The van der Waals surface area contributed by atoms with Crippen molar-refractivity contribution >= 4 is 17.3 Å². The SMILES string of the molecule is CCCc1cccc(Cl)c1.C\C=C(CC)/C(C(/C)=N/C=C/CC)=C(/C)N1CCNC(C)C1. The van der Waals surface area contributed by atoms with Crippen LogP contribution >= 0.6 is 11.6 Å². The van der Waals surface area contributed by atoms with Gasteiger partial charge in [-0.3, -0.25) is 4.99 Å². The lowest BCUT2D eigenvalue weighted by Gasteiger charge is -2.35. The zero-order valence-electron chi connectivity index (χ0n) is 21.3. The molecular formula is C28H44ClN3. The number of halogens is 1. The molecule has 1 heterocycles. The Morgan fingerprint density at radius 3 is 2.56 bits per heavy atom. The van der Waals surface area contributed by atoms with Gasteiger partial charge in [0, 0.05) is 53.9 Å². The van der Waals surface area contributed by atoms with E-state index < -0.39 is 0 Å². The minimum Gasteiger partial charge on any atom is -0.372 e. The van der Waals surface area contributed by atoms with Crippen LogP contribution in [0.5, 0.6) is 0 Å². The van der Waals surface area contributed by atoms with Crippen LogP contribution in [0.4, 0.5) is 0 Å². The Hall–Kier alpha value is -1.84. The molecule has 1 N–H and O–H groups in total. The third-order valence-corrected chi connectivity index (χ3v) is 5.89. The molecule has 0 radical (unpaired) electrons. The lowest BCUT2D eigenvalue weighted by molar-refractivity contribution is 0.255. The predicted molar refractivity (Wildman–Crippen MR) is 144 cm³/mol. The molecule has 3 nitrogen and oxygen atoms in total. The number of nitrogens with zero attached hydrogens (tertiary/aromatic N) is 2. The van der Waals surface area contributed by atoms with E-state index in [0.717, 1.165) is 49.6 Å². The first-order chi connectivity index (χ1) is 15.4. The van der Waals surface area contributed by atoms with Gasteiger partial charge in [0.1, 0.15) is 0 Å². The van der Waals surface area contributed by atoms with Gasteiger partial charge in [-0.25, -0.2) is 0 Å². The molecule has 0 saturated carbocycles. The van der Waals surface area contributed by atoms with Gasteiger partial charge in [0.25, 0.3) is 0 Å². The fourth-order valence-corrected chi connectivity index (χ4v) is 4.18. The largest absolute Gasteiger partial charge is 0.372 e. The average Bonchev–Trinajstić information content (AvgIpc) is 2.78. The highest BCUT2D eigenvalue weighted by Crippen LogP contribution is 2.23. The molecule has 32 heavy (non-hydrogen) atoms. The summed E-state index contributed by atoms with van der Waals surface area (Å²) in [6.45, 7) is 18.5. The van der Waals surface area contributed by atoms with E-state index in [9.17, 15) is 0 Å². The number of aryl methyl sites for hydroxylation is 1. The molecule has 0 amide bonds. The average molecular weight is 458 g/mol.